The zero-order valence-electron chi connectivity index (χ0n) is 12.3. The average Bonchev–Trinajstić information content (AvgIpc) is 3.11. The van der Waals surface area contributed by atoms with Crippen molar-refractivity contribution in [2.45, 2.75) is 51.1 Å². The van der Waals surface area contributed by atoms with Gasteiger partial charge in [0.25, 0.3) is 0 Å². The van der Waals surface area contributed by atoms with Crippen molar-refractivity contribution in [1.82, 2.24) is 4.90 Å². The van der Waals surface area contributed by atoms with Crippen LogP contribution in [0.2, 0.25) is 0 Å². The topological polar surface area (TPSA) is 32.7 Å². The number of phenols is 1. The zero-order valence-corrected chi connectivity index (χ0v) is 12.3. The quantitative estimate of drug-likeness (QED) is 0.912. The summed E-state index contributed by atoms with van der Waals surface area (Å²) in [5, 5.41) is 10.1. The molecule has 1 aliphatic carbocycles. The lowest BCUT2D eigenvalue weighted by Crippen LogP contribution is -2.34. The van der Waals surface area contributed by atoms with Crippen molar-refractivity contribution in [3.8, 4) is 11.5 Å². The largest absolute Gasteiger partial charge is 0.508 e. The van der Waals surface area contributed by atoms with Gasteiger partial charge in [-0.2, -0.15) is 0 Å². The molecule has 1 aliphatic heterocycles. The minimum Gasteiger partial charge on any atom is -0.508 e. The van der Waals surface area contributed by atoms with E-state index in [1.54, 1.807) is 13.2 Å². The number of hydrogen-bond donors (Lipinski definition) is 1. The maximum Gasteiger partial charge on any atom is 0.120 e. The van der Waals surface area contributed by atoms with Crippen molar-refractivity contribution in [3.63, 3.8) is 0 Å². The summed E-state index contributed by atoms with van der Waals surface area (Å²) in [5.74, 6) is 2.10. The highest BCUT2D eigenvalue weighted by atomic mass is 16.5. The zero-order chi connectivity index (χ0) is 13.9. The molecule has 1 aromatic carbocycles. The van der Waals surface area contributed by atoms with Gasteiger partial charge in [-0.3, -0.25) is 4.90 Å². The van der Waals surface area contributed by atoms with Gasteiger partial charge in [0.1, 0.15) is 11.5 Å². The van der Waals surface area contributed by atoms with Gasteiger partial charge in [0.15, 0.2) is 0 Å². The van der Waals surface area contributed by atoms with Crippen molar-refractivity contribution in [2.24, 2.45) is 5.92 Å². The number of rotatable bonds is 4. The normalized spacial score (nSPS) is 24.4. The van der Waals surface area contributed by atoms with E-state index in [0.29, 0.717) is 5.75 Å². The lowest BCUT2D eigenvalue weighted by Gasteiger charge is -2.29. The maximum absolute atomic E-state index is 10.1. The summed E-state index contributed by atoms with van der Waals surface area (Å²) in [7, 11) is 1.67. The molecule has 1 aromatic rings. The van der Waals surface area contributed by atoms with Crippen LogP contribution in [0, 0.1) is 5.92 Å². The third-order valence-corrected chi connectivity index (χ3v) is 5.02. The van der Waals surface area contributed by atoms with E-state index in [2.05, 4.69) is 4.90 Å². The molecule has 110 valence electrons. The number of methoxy groups -OCH3 is 1. The maximum atomic E-state index is 10.1. The third kappa shape index (κ3) is 2.78. The Kier molecular flexibility index (Phi) is 4.16. The molecule has 1 atom stereocenters. The number of phenolic OH excluding ortho intramolecular Hbond substituents is 1. The molecule has 1 saturated heterocycles. The molecule has 3 heteroatoms. The first-order valence-corrected chi connectivity index (χ1v) is 7.88. The van der Waals surface area contributed by atoms with Gasteiger partial charge in [0.2, 0.25) is 0 Å². The number of likely N-dealkylation sites (tertiary alicyclic amines) is 1. The molecule has 20 heavy (non-hydrogen) atoms. The molecule has 0 radical (unpaired) electrons. The van der Waals surface area contributed by atoms with Crippen LogP contribution in [0.1, 0.15) is 44.1 Å². The molecule has 1 heterocycles. The fraction of sp³-hybridized carbons (Fsp3) is 0.647. The van der Waals surface area contributed by atoms with Crippen LogP contribution in [0.25, 0.3) is 0 Å². The summed E-state index contributed by atoms with van der Waals surface area (Å²) in [6, 6.07) is 6.26. The van der Waals surface area contributed by atoms with Gasteiger partial charge in [-0.05, 0) is 56.3 Å². The first-order valence-electron chi connectivity index (χ1n) is 7.88. The lowest BCUT2D eigenvalue weighted by atomic mass is 9.95. The predicted molar refractivity (Wildman–Crippen MR) is 80.0 cm³/mol. The smallest absolute Gasteiger partial charge is 0.120 e. The number of benzene rings is 1. The van der Waals surface area contributed by atoms with Crippen LogP contribution in [0.3, 0.4) is 0 Å². The first-order chi connectivity index (χ1) is 9.78. The molecule has 0 bridgehead atoms. The average molecular weight is 275 g/mol. The van der Waals surface area contributed by atoms with Crippen LogP contribution >= 0.6 is 0 Å². The molecule has 2 aliphatic rings. The van der Waals surface area contributed by atoms with Gasteiger partial charge in [-0.15, -0.1) is 0 Å². The molecule has 1 N–H and O–H groups in total. The second-order valence-electron chi connectivity index (χ2n) is 6.22. The molecule has 1 unspecified atom stereocenters. The van der Waals surface area contributed by atoms with Gasteiger partial charge >= 0.3 is 0 Å². The Labute approximate surface area is 121 Å². The van der Waals surface area contributed by atoms with Crippen LogP contribution in [-0.2, 0) is 6.54 Å². The van der Waals surface area contributed by atoms with Gasteiger partial charge < -0.3 is 9.84 Å². The van der Waals surface area contributed by atoms with E-state index >= 15 is 0 Å². The highest BCUT2D eigenvalue weighted by Gasteiger charge is 2.33. The summed E-state index contributed by atoms with van der Waals surface area (Å²) in [6.45, 7) is 2.02. The fourth-order valence-corrected chi connectivity index (χ4v) is 3.96. The highest BCUT2D eigenvalue weighted by Crippen LogP contribution is 2.37. The number of nitrogens with zero attached hydrogens (tertiary/aromatic N) is 1. The SMILES string of the molecule is COc1ccc(O)c(CN2CCCC2C2CCCC2)c1. The second kappa shape index (κ2) is 6.04. The Morgan fingerprint density at radius 1 is 1.20 bits per heavy atom. The van der Waals surface area contributed by atoms with E-state index < -0.39 is 0 Å². The van der Waals surface area contributed by atoms with Gasteiger partial charge in [-0.25, -0.2) is 0 Å². The molecule has 3 rings (SSSR count). The van der Waals surface area contributed by atoms with Crippen LogP contribution < -0.4 is 4.74 Å². The van der Waals surface area contributed by atoms with E-state index in [-0.39, 0.29) is 0 Å². The van der Waals surface area contributed by atoms with E-state index in [0.717, 1.165) is 36.4 Å². The lowest BCUT2D eigenvalue weighted by molar-refractivity contribution is 0.181. The Morgan fingerprint density at radius 3 is 2.75 bits per heavy atom. The van der Waals surface area contributed by atoms with E-state index in [9.17, 15) is 5.11 Å². The van der Waals surface area contributed by atoms with Gasteiger partial charge in [0, 0.05) is 18.2 Å². The van der Waals surface area contributed by atoms with Crippen LogP contribution in [-0.4, -0.2) is 29.7 Å². The Morgan fingerprint density at radius 2 is 2.00 bits per heavy atom. The first kappa shape index (κ1) is 13.7. The van der Waals surface area contributed by atoms with Crippen molar-refractivity contribution < 1.29 is 9.84 Å². The van der Waals surface area contributed by atoms with Crippen LogP contribution in [0.15, 0.2) is 18.2 Å². The number of hydrogen-bond acceptors (Lipinski definition) is 3. The molecule has 3 nitrogen and oxygen atoms in total. The summed E-state index contributed by atoms with van der Waals surface area (Å²) in [4.78, 5) is 2.57. The molecule has 1 saturated carbocycles. The minimum atomic E-state index is 0.392. The molecule has 0 aromatic heterocycles. The van der Waals surface area contributed by atoms with E-state index in [4.69, 9.17) is 4.74 Å². The van der Waals surface area contributed by atoms with Gasteiger partial charge in [0.05, 0.1) is 7.11 Å². The summed E-state index contributed by atoms with van der Waals surface area (Å²) < 4.78 is 5.27. The molecular weight excluding hydrogens is 250 g/mol. The Balaban J connectivity index is 1.72. The summed E-state index contributed by atoms with van der Waals surface area (Å²) in [5.41, 5.74) is 0.995. The Hall–Kier alpha value is -1.22. The van der Waals surface area contributed by atoms with Crippen molar-refractivity contribution in [1.29, 1.82) is 0 Å². The second-order valence-corrected chi connectivity index (χ2v) is 6.22. The van der Waals surface area contributed by atoms with E-state index in [1.165, 1.54) is 38.5 Å². The minimum absolute atomic E-state index is 0.392. The fourth-order valence-electron chi connectivity index (χ4n) is 3.96. The highest BCUT2D eigenvalue weighted by molar-refractivity contribution is 5.39. The van der Waals surface area contributed by atoms with Crippen LogP contribution in [0.5, 0.6) is 11.5 Å². The summed E-state index contributed by atoms with van der Waals surface area (Å²) in [6.07, 6.45) is 8.22. The van der Waals surface area contributed by atoms with Gasteiger partial charge in [-0.1, -0.05) is 12.8 Å². The molecule has 0 amide bonds. The predicted octanol–water partition coefficient (Wildman–Crippen LogP) is 3.56. The monoisotopic (exact) mass is 275 g/mol. The standard InChI is InChI=1S/C17H25NO2/c1-20-15-8-9-17(19)14(11-15)12-18-10-4-7-16(18)13-5-2-3-6-13/h8-9,11,13,16,19H,2-7,10,12H2,1H3. The molecular formula is C17H25NO2. The number of ether oxygens (including phenoxy) is 1. The Bertz CT molecular complexity index is 454. The van der Waals surface area contributed by atoms with E-state index in [1.807, 2.05) is 12.1 Å². The van der Waals surface area contributed by atoms with Crippen LogP contribution in [0.4, 0.5) is 0 Å². The van der Waals surface area contributed by atoms with Crippen molar-refractivity contribution >= 4 is 0 Å². The third-order valence-electron chi connectivity index (χ3n) is 5.02. The molecule has 0 spiro atoms. The summed E-state index contributed by atoms with van der Waals surface area (Å²) >= 11 is 0. The van der Waals surface area contributed by atoms with Crippen molar-refractivity contribution in [3.05, 3.63) is 23.8 Å². The number of aromatic hydroxyl groups is 1. The van der Waals surface area contributed by atoms with Crippen molar-refractivity contribution in [2.75, 3.05) is 13.7 Å². The molecule has 2 fully saturated rings.